The molecule has 3 rings (SSSR count). The van der Waals surface area contributed by atoms with Crippen LogP contribution in [0.2, 0.25) is 0 Å². The monoisotopic (exact) mass is 205 g/mol. The molecule has 3 atom stereocenters. The molecular weight excluding hydrogens is 190 g/mol. The van der Waals surface area contributed by atoms with Crippen molar-refractivity contribution in [3.8, 4) is 0 Å². The Morgan fingerprint density at radius 1 is 1.53 bits per heavy atom. The van der Waals surface area contributed by atoms with E-state index in [2.05, 4.69) is 0 Å². The molecule has 3 aliphatic rings. The van der Waals surface area contributed by atoms with Crippen LogP contribution in [0.5, 0.6) is 0 Å². The predicted octanol–water partition coefficient (Wildman–Crippen LogP) is 1.51. The summed E-state index contributed by atoms with van der Waals surface area (Å²) < 4.78 is 0. The standard InChI is InChI=1S/C12H15NO2/c1-3-6-13-11-5-4-9(12(13)15)7-10(11)8(2)14/h3-6,9-11H,7H2,1-2H3/b6-3+. The highest BCUT2D eigenvalue weighted by molar-refractivity contribution is 5.89. The molecule has 80 valence electrons. The Morgan fingerprint density at radius 3 is 2.87 bits per heavy atom. The Labute approximate surface area is 89.4 Å². The third-order valence-electron chi connectivity index (χ3n) is 3.19. The minimum Gasteiger partial charge on any atom is -0.311 e. The van der Waals surface area contributed by atoms with Gasteiger partial charge in [0.1, 0.15) is 5.78 Å². The Morgan fingerprint density at radius 2 is 2.27 bits per heavy atom. The highest BCUT2D eigenvalue weighted by Gasteiger charge is 2.43. The topological polar surface area (TPSA) is 37.4 Å². The van der Waals surface area contributed by atoms with E-state index in [9.17, 15) is 9.59 Å². The summed E-state index contributed by atoms with van der Waals surface area (Å²) >= 11 is 0. The molecule has 1 aliphatic carbocycles. The fourth-order valence-corrected chi connectivity index (χ4v) is 2.42. The van der Waals surface area contributed by atoms with Crippen LogP contribution in [0.3, 0.4) is 0 Å². The van der Waals surface area contributed by atoms with Gasteiger partial charge in [-0.25, -0.2) is 0 Å². The van der Waals surface area contributed by atoms with Gasteiger partial charge in [-0.05, 0) is 20.3 Å². The first kappa shape index (κ1) is 10.1. The molecule has 15 heavy (non-hydrogen) atoms. The zero-order chi connectivity index (χ0) is 11.0. The minimum absolute atomic E-state index is 0.0195. The van der Waals surface area contributed by atoms with E-state index < -0.39 is 0 Å². The summed E-state index contributed by atoms with van der Waals surface area (Å²) in [6.07, 6.45) is 8.22. The SMILES string of the molecule is C/C=C/N1C(=O)C2C=CC1C(C(C)=O)C2. The lowest BCUT2D eigenvalue weighted by atomic mass is 9.75. The van der Waals surface area contributed by atoms with Gasteiger partial charge in [0.25, 0.3) is 0 Å². The van der Waals surface area contributed by atoms with Crippen LogP contribution in [0, 0.1) is 11.8 Å². The average molecular weight is 205 g/mol. The minimum atomic E-state index is -0.0971. The van der Waals surface area contributed by atoms with E-state index in [-0.39, 0.29) is 29.6 Å². The van der Waals surface area contributed by atoms with Crippen LogP contribution in [0.1, 0.15) is 20.3 Å². The van der Waals surface area contributed by atoms with E-state index in [4.69, 9.17) is 0 Å². The molecular formula is C12H15NO2. The quantitative estimate of drug-likeness (QED) is 0.641. The van der Waals surface area contributed by atoms with Gasteiger partial charge in [-0.1, -0.05) is 18.2 Å². The van der Waals surface area contributed by atoms with Crippen LogP contribution < -0.4 is 0 Å². The number of nitrogens with zero attached hydrogens (tertiary/aromatic N) is 1. The van der Waals surface area contributed by atoms with E-state index in [1.54, 1.807) is 18.0 Å². The Kier molecular flexibility index (Phi) is 2.47. The second-order valence-electron chi connectivity index (χ2n) is 4.16. The zero-order valence-electron chi connectivity index (χ0n) is 9.01. The molecule has 3 heteroatoms. The van der Waals surface area contributed by atoms with Gasteiger partial charge in [0.05, 0.1) is 12.0 Å². The number of carbonyl (C=O) groups excluding carboxylic acids is 2. The number of Topliss-reactive ketones (excluding diaryl/α,β-unsaturated/α-hetero) is 1. The number of hydrogen-bond acceptors (Lipinski definition) is 2. The Bertz CT molecular complexity index is 357. The van der Waals surface area contributed by atoms with Crippen LogP contribution >= 0.6 is 0 Å². The van der Waals surface area contributed by atoms with E-state index in [1.165, 1.54) is 0 Å². The zero-order valence-corrected chi connectivity index (χ0v) is 9.01. The highest BCUT2D eigenvalue weighted by atomic mass is 16.2. The summed E-state index contributed by atoms with van der Waals surface area (Å²) in [5.41, 5.74) is 0. The number of hydrogen-bond donors (Lipinski definition) is 0. The van der Waals surface area contributed by atoms with Crippen molar-refractivity contribution < 1.29 is 9.59 Å². The van der Waals surface area contributed by atoms with Crippen LogP contribution in [0.15, 0.2) is 24.4 Å². The van der Waals surface area contributed by atoms with Crippen molar-refractivity contribution in [2.24, 2.45) is 11.8 Å². The first-order valence-electron chi connectivity index (χ1n) is 5.29. The number of rotatable bonds is 2. The fraction of sp³-hybridized carbons (Fsp3) is 0.500. The van der Waals surface area contributed by atoms with Crippen LogP contribution in [0.4, 0.5) is 0 Å². The number of amides is 1. The van der Waals surface area contributed by atoms with Gasteiger partial charge in [-0.15, -0.1) is 0 Å². The van der Waals surface area contributed by atoms with Crippen molar-refractivity contribution in [1.29, 1.82) is 0 Å². The van der Waals surface area contributed by atoms with Gasteiger partial charge in [-0.2, -0.15) is 0 Å². The molecule has 0 aromatic rings. The maximum atomic E-state index is 11.9. The molecule has 0 spiro atoms. The average Bonchev–Trinajstić information content (AvgIpc) is 2.23. The van der Waals surface area contributed by atoms with E-state index in [1.807, 2.05) is 25.2 Å². The molecule has 3 unspecified atom stereocenters. The Hall–Kier alpha value is -1.38. The molecule has 2 heterocycles. The van der Waals surface area contributed by atoms with Crippen molar-refractivity contribution >= 4 is 11.7 Å². The van der Waals surface area contributed by atoms with Gasteiger partial charge in [0, 0.05) is 12.1 Å². The van der Waals surface area contributed by atoms with E-state index in [0.29, 0.717) is 6.42 Å². The molecule has 2 bridgehead atoms. The molecule has 2 aliphatic heterocycles. The van der Waals surface area contributed by atoms with Crippen molar-refractivity contribution in [3.63, 3.8) is 0 Å². The number of carbonyl (C=O) groups is 2. The molecule has 1 amide bonds. The Balaban J connectivity index is 2.32. The molecule has 0 aromatic heterocycles. The summed E-state index contributed by atoms with van der Waals surface area (Å²) in [4.78, 5) is 25.0. The number of allylic oxidation sites excluding steroid dienone is 1. The van der Waals surface area contributed by atoms with Crippen molar-refractivity contribution in [2.75, 3.05) is 0 Å². The summed E-state index contributed by atoms with van der Waals surface area (Å²) in [5.74, 6) is 0.184. The normalized spacial score (nSPS) is 34.1. The third-order valence-corrected chi connectivity index (χ3v) is 3.19. The predicted molar refractivity (Wildman–Crippen MR) is 56.9 cm³/mol. The van der Waals surface area contributed by atoms with Crippen LogP contribution in [-0.2, 0) is 9.59 Å². The van der Waals surface area contributed by atoms with Gasteiger partial charge in [-0.3, -0.25) is 9.59 Å². The van der Waals surface area contributed by atoms with Crippen molar-refractivity contribution in [1.82, 2.24) is 4.90 Å². The van der Waals surface area contributed by atoms with Gasteiger partial charge >= 0.3 is 0 Å². The smallest absolute Gasteiger partial charge is 0.234 e. The first-order chi connectivity index (χ1) is 7.15. The molecule has 0 radical (unpaired) electrons. The van der Waals surface area contributed by atoms with Crippen molar-refractivity contribution in [3.05, 3.63) is 24.4 Å². The molecule has 3 nitrogen and oxygen atoms in total. The van der Waals surface area contributed by atoms with Crippen molar-refractivity contribution in [2.45, 2.75) is 26.3 Å². The van der Waals surface area contributed by atoms with Crippen LogP contribution in [0.25, 0.3) is 0 Å². The maximum Gasteiger partial charge on any atom is 0.234 e. The molecule has 0 aromatic carbocycles. The molecule has 1 fully saturated rings. The summed E-state index contributed by atoms with van der Waals surface area (Å²) in [7, 11) is 0. The molecule has 0 N–H and O–H groups in total. The second-order valence-corrected chi connectivity index (χ2v) is 4.16. The molecule has 1 saturated heterocycles. The maximum absolute atomic E-state index is 11.9. The van der Waals surface area contributed by atoms with Gasteiger partial charge < -0.3 is 4.90 Å². The fourth-order valence-electron chi connectivity index (χ4n) is 2.42. The summed E-state index contributed by atoms with van der Waals surface area (Å²) in [6, 6.07) is -0.0591. The van der Waals surface area contributed by atoms with Gasteiger partial charge in [0.2, 0.25) is 5.91 Å². The first-order valence-corrected chi connectivity index (χ1v) is 5.29. The molecule has 0 saturated carbocycles. The highest BCUT2D eigenvalue weighted by Crippen LogP contribution is 2.35. The van der Waals surface area contributed by atoms with E-state index in [0.717, 1.165) is 0 Å². The summed E-state index contributed by atoms with van der Waals surface area (Å²) in [5, 5.41) is 0. The van der Waals surface area contributed by atoms with Gasteiger partial charge in [0.15, 0.2) is 0 Å². The number of piperidine rings is 1. The lowest BCUT2D eigenvalue weighted by molar-refractivity contribution is -0.141. The number of fused-ring (bicyclic) bond motifs is 2. The summed E-state index contributed by atoms with van der Waals surface area (Å²) in [6.45, 7) is 3.49. The second kappa shape index (κ2) is 3.65. The largest absolute Gasteiger partial charge is 0.311 e. The lowest BCUT2D eigenvalue weighted by Crippen LogP contribution is -2.53. The lowest BCUT2D eigenvalue weighted by Gasteiger charge is -2.43. The van der Waals surface area contributed by atoms with Crippen LogP contribution in [-0.4, -0.2) is 22.6 Å². The third kappa shape index (κ3) is 1.52. The number of ketones is 1. The van der Waals surface area contributed by atoms with E-state index >= 15 is 0 Å².